The maximum Gasteiger partial charge on any atom is 0.224 e. The molecule has 1 aliphatic carbocycles. The third kappa shape index (κ3) is 7.46. The van der Waals surface area contributed by atoms with Crippen LogP contribution < -0.4 is 24.8 Å². The standard InChI is InChI=1S/C20H32N2O4.ClH/c1-24-17-12-15(13-18(25-2)20(17)26-3)14-19(23)22-11-10-21-16-8-6-4-5-7-9-16;/h12-13,16,21H,4-11,14H2,1-3H3,(H,22,23);1H. The molecule has 0 spiro atoms. The van der Waals surface area contributed by atoms with Crippen molar-refractivity contribution in [1.29, 1.82) is 0 Å². The zero-order valence-corrected chi connectivity index (χ0v) is 17.5. The minimum Gasteiger partial charge on any atom is -0.493 e. The van der Waals surface area contributed by atoms with Gasteiger partial charge in [0.2, 0.25) is 11.7 Å². The molecule has 7 heteroatoms. The van der Waals surface area contributed by atoms with Gasteiger partial charge >= 0.3 is 0 Å². The number of benzene rings is 1. The highest BCUT2D eigenvalue weighted by Gasteiger charge is 2.15. The number of ether oxygens (including phenoxy) is 3. The van der Waals surface area contributed by atoms with Gasteiger partial charge in [0, 0.05) is 19.1 Å². The minimum atomic E-state index is -0.0121. The summed E-state index contributed by atoms with van der Waals surface area (Å²) in [5.74, 6) is 1.64. The molecular weight excluding hydrogens is 368 g/mol. The maximum atomic E-state index is 12.2. The molecule has 2 rings (SSSR count). The SMILES string of the molecule is COc1cc(CC(=O)NCCNC2CCCCCC2)cc(OC)c1OC.Cl. The highest BCUT2D eigenvalue weighted by Crippen LogP contribution is 2.38. The number of nitrogens with one attached hydrogen (secondary N) is 2. The summed E-state index contributed by atoms with van der Waals surface area (Å²) in [6, 6.07) is 4.22. The van der Waals surface area contributed by atoms with Crippen molar-refractivity contribution in [2.24, 2.45) is 0 Å². The van der Waals surface area contributed by atoms with E-state index in [9.17, 15) is 4.79 Å². The van der Waals surface area contributed by atoms with Gasteiger partial charge in [-0.25, -0.2) is 0 Å². The van der Waals surface area contributed by atoms with Crippen LogP contribution in [0.4, 0.5) is 0 Å². The van der Waals surface area contributed by atoms with E-state index < -0.39 is 0 Å². The van der Waals surface area contributed by atoms with Gasteiger partial charge in [-0.15, -0.1) is 12.4 Å². The third-order valence-electron chi connectivity index (χ3n) is 4.82. The van der Waals surface area contributed by atoms with E-state index in [1.807, 2.05) is 12.1 Å². The number of rotatable bonds is 9. The fraction of sp³-hybridized carbons (Fsp3) is 0.650. The molecule has 6 nitrogen and oxygen atoms in total. The fourth-order valence-electron chi connectivity index (χ4n) is 3.45. The van der Waals surface area contributed by atoms with Gasteiger partial charge in [0.05, 0.1) is 27.8 Å². The summed E-state index contributed by atoms with van der Waals surface area (Å²) < 4.78 is 16.0. The predicted molar refractivity (Wildman–Crippen MR) is 110 cm³/mol. The summed E-state index contributed by atoms with van der Waals surface area (Å²) in [5, 5.41) is 6.54. The van der Waals surface area contributed by atoms with E-state index in [4.69, 9.17) is 14.2 Å². The number of hydrogen-bond acceptors (Lipinski definition) is 5. The van der Waals surface area contributed by atoms with Gasteiger partial charge in [0.1, 0.15) is 0 Å². The van der Waals surface area contributed by atoms with Crippen molar-refractivity contribution in [2.45, 2.75) is 51.0 Å². The largest absolute Gasteiger partial charge is 0.493 e. The molecule has 0 radical (unpaired) electrons. The van der Waals surface area contributed by atoms with Crippen molar-refractivity contribution in [1.82, 2.24) is 10.6 Å². The Kier molecular flexibility index (Phi) is 11.0. The molecule has 1 saturated carbocycles. The van der Waals surface area contributed by atoms with Crippen LogP contribution in [0.1, 0.15) is 44.1 Å². The second-order valence-corrected chi connectivity index (χ2v) is 6.70. The second kappa shape index (κ2) is 12.7. The van der Waals surface area contributed by atoms with Crippen LogP contribution >= 0.6 is 12.4 Å². The molecule has 1 aromatic rings. The van der Waals surface area contributed by atoms with Crippen molar-refractivity contribution >= 4 is 18.3 Å². The average Bonchev–Trinajstić information content (AvgIpc) is 2.93. The van der Waals surface area contributed by atoms with E-state index in [1.165, 1.54) is 38.5 Å². The van der Waals surface area contributed by atoms with Gasteiger partial charge in [-0.1, -0.05) is 25.7 Å². The van der Waals surface area contributed by atoms with Gasteiger partial charge < -0.3 is 24.8 Å². The maximum absolute atomic E-state index is 12.2. The molecule has 0 saturated heterocycles. The molecule has 2 N–H and O–H groups in total. The summed E-state index contributed by atoms with van der Waals surface area (Å²) in [5.41, 5.74) is 0.828. The van der Waals surface area contributed by atoms with Gasteiger partial charge in [0.15, 0.2) is 11.5 Å². The van der Waals surface area contributed by atoms with Crippen molar-refractivity contribution in [3.63, 3.8) is 0 Å². The Morgan fingerprint density at radius 3 is 2.07 bits per heavy atom. The Labute approximate surface area is 168 Å². The number of halogens is 1. The van der Waals surface area contributed by atoms with Crippen LogP contribution in [0.2, 0.25) is 0 Å². The van der Waals surface area contributed by atoms with E-state index in [0.29, 0.717) is 29.8 Å². The minimum absolute atomic E-state index is 0. The van der Waals surface area contributed by atoms with Gasteiger partial charge in [0.25, 0.3) is 0 Å². The molecule has 0 atom stereocenters. The normalized spacial score (nSPS) is 14.6. The Morgan fingerprint density at radius 2 is 1.56 bits per heavy atom. The van der Waals surface area contributed by atoms with Crippen LogP contribution in [0.25, 0.3) is 0 Å². The summed E-state index contributed by atoms with van der Waals surface area (Å²) in [6.45, 7) is 1.45. The lowest BCUT2D eigenvalue weighted by Gasteiger charge is -2.16. The molecule has 0 aliphatic heterocycles. The van der Waals surface area contributed by atoms with Crippen LogP contribution in [0.15, 0.2) is 12.1 Å². The Bertz CT molecular complexity index is 550. The first-order valence-electron chi connectivity index (χ1n) is 9.47. The lowest BCUT2D eigenvalue weighted by Crippen LogP contribution is -2.37. The van der Waals surface area contributed by atoms with E-state index in [-0.39, 0.29) is 24.7 Å². The Hall–Kier alpha value is -1.66. The average molecular weight is 401 g/mol. The molecule has 0 bridgehead atoms. The number of carbonyl (C=O) groups excluding carboxylic acids is 1. The molecule has 0 unspecified atom stereocenters. The van der Waals surface area contributed by atoms with Crippen LogP contribution in [0, 0.1) is 0 Å². The van der Waals surface area contributed by atoms with Gasteiger partial charge in [-0.3, -0.25) is 4.79 Å². The number of methoxy groups -OCH3 is 3. The fourth-order valence-corrected chi connectivity index (χ4v) is 3.45. The van der Waals surface area contributed by atoms with Crippen molar-refractivity contribution in [3.8, 4) is 17.2 Å². The lowest BCUT2D eigenvalue weighted by atomic mass is 10.1. The predicted octanol–water partition coefficient (Wildman–Crippen LogP) is 3.11. The van der Waals surface area contributed by atoms with Gasteiger partial charge in [-0.05, 0) is 30.5 Å². The van der Waals surface area contributed by atoms with E-state index in [2.05, 4.69) is 10.6 Å². The first kappa shape index (κ1) is 23.4. The first-order chi connectivity index (χ1) is 12.7. The quantitative estimate of drug-likeness (QED) is 0.492. The monoisotopic (exact) mass is 400 g/mol. The number of amides is 1. The first-order valence-corrected chi connectivity index (χ1v) is 9.47. The number of carbonyl (C=O) groups is 1. The lowest BCUT2D eigenvalue weighted by molar-refractivity contribution is -0.120. The van der Waals surface area contributed by atoms with E-state index in [0.717, 1.165) is 12.1 Å². The second-order valence-electron chi connectivity index (χ2n) is 6.70. The summed E-state index contributed by atoms with van der Waals surface area (Å²) in [7, 11) is 4.70. The highest BCUT2D eigenvalue weighted by molar-refractivity contribution is 5.85. The molecule has 0 heterocycles. The molecule has 1 fully saturated rings. The molecule has 0 aromatic heterocycles. The smallest absolute Gasteiger partial charge is 0.224 e. The molecular formula is C20H33ClN2O4. The molecule has 154 valence electrons. The topological polar surface area (TPSA) is 68.8 Å². The molecule has 1 aliphatic rings. The summed E-state index contributed by atoms with van der Waals surface area (Å²) in [6.07, 6.45) is 8.10. The van der Waals surface area contributed by atoms with Crippen molar-refractivity contribution < 1.29 is 19.0 Å². The zero-order chi connectivity index (χ0) is 18.8. The molecule has 27 heavy (non-hydrogen) atoms. The number of hydrogen-bond donors (Lipinski definition) is 2. The van der Waals surface area contributed by atoms with Crippen LogP contribution in [0.5, 0.6) is 17.2 Å². The van der Waals surface area contributed by atoms with Gasteiger partial charge in [-0.2, -0.15) is 0 Å². The van der Waals surface area contributed by atoms with Crippen molar-refractivity contribution in [3.05, 3.63) is 17.7 Å². The molecule has 1 amide bonds. The van der Waals surface area contributed by atoms with Crippen LogP contribution in [-0.4, -0.2) is 46.4 Å². The molecule has 1 aromatic carbocycles. The van der Waals surface area contributed by atoms with Crippen LogP contribution in [0.3, 0.4) is 0 Å². The Balaban J connectivity index is 0.00000364. The zero-order valence-electron chi connectivity index (χ0n) is 16.6. The summed E-state index contributed by atoms with van der Waals surface area (Å²) in [4.78, 5) is 12.2. The van der Waals surface area contributed by atoms with E-state index >= 15 is 0 Å². The summed E-state index contributed by atoms with van der Waals surface area (Å²) >= 11 is 0. The van der Waals surface area contributed by atoms with Crippen molar-refractivity contribution in [2.75, 3.05) is 34.4 Å². The highest BCUT2D eigenvalue weighted by atomic mass is 35.5. The van der Waals surface area contributed by atoms with Crippen LogP contribution in [-0.2, 0) is 11.2 Å². The Morgan fingerprint density at radius 1 is 0.963 bits per heavy atom. The third-order valence-corrected chi connectivity index (χ3v) is 4.82. The van der Waals surface area contributed by atoms with E-state index in [1.54, 1.807) is 21.3 Å².